The van der Waals surface area contributed by atoms with E-state index in [9.17, 15) is 80.2 Å². The fourth-order valence-corrected chi connectivity index (χ4v) is 5.00. The average Bonchev–Trinajstić information content (AvgIpc) is 2.48. The van der Waals surface area contributed by atoms with Gasteiger partial charge in [-0.15, -0.1) is 0 Å². The van der Waals surface area contributed by atoms with Crippen LogP contribution in [-0.4, -0.2) is 59.6 Å². The molecule has 18 heteroatoms. The monoisotopic (exact) mass is 490 g/mol. The maximum absolute atomic E-state index is 14.9. The van der Waals surface area contributed by atoms with E-state index in [1.807, 2.05) is 0 Å². The van der Waals surface area contributed by atoms with Gasteiger partial charge in [0.2, 0.25) is 10.8 Å². The molecule has 0 spiro atoms. The molecule has 0 radical (unpaired) electrons. The summed E-state index contributed by atoms with van der Waals surface area (Å²) in [7, 11) is 0. The first kappa shape index (κ1) is 23.6. The summed E-state index contributed by atoms with van der Waals surface area (Å²) in [5, 5.41) is 0. The standard InChI is InChI=1S/C13HF15O3/c14-1-5(2(15)29)9(19,20)7(4(17)31)10(21,22)6(1,3(16)30)12(25,26)8(18,11(5,23)24)13(7,27)28/h1H. The largest absolute Gasteiger partial charge is 0.326 e. The highest BCUT2D eigenvalue weighted by Crippen LogP contribution is 2.91. The van der Waals surface area contributed by atoms with Crippen LogP contribution >= 0.6 is 0 Å². The lowest BCUT2D eigenvalue weighted by atomic mass is 9.30. The lowest BCUT2D eigenvalue weighted by Gasteiger charge is -2.75. The van der Waals surface area contributed by atoms with Crippen molar-refractivity contribution in [2.45, 2.75) is 41.5 Å². The van der Waals surface area contributed by atoms with Crippen LogP contribution in [0.4, 0.5) is 65.9 Å². The highest BCUT2D eigenvalue weighted by molar-refractivity contribution is 5.95. The van der Waals surface area contributed by atoms with Gasteiger partial charge in [-0.3, -0.25) is 14.4 Å². The summed E-state index contributed by atoms with van der Waals surface area (Å²) in [5.41, 5.74) is -29.7. The highest BCUT2D eigenvalue weighted by atomic mass is 19.3. The first-order valence-corrected chi connectivity index (χ1v) is 7.30. The Balaban J connectivity index is 2.87. The molecule has 0 N–H and O–H groups in total. The van der Waals surface area contributed by atoms with Crippen LogP contribution in [0, 0.1) is 16.2 Å². The molecule has 0 aliphatic heterocycles. The van der Waals surface area contributed by atoms with E-state index in [-0.39, 0.29) is 0 Å². The molecule has 0 heterocycles. The Kier molecular flexibility index (Phi) is 3.79. The Hall–Kier alpha value is -2.04. The summed E-state index contributed by atoms with van der Waals surface area (Å²) in [6.07, 6.45) is -6.18. The molecule has 0 aromatic rings. The van der Waals surface area contributed by atoms with E-state index in [2.05, 4.69) is 0 Å². The first-order chi connectivity index (χ1) is 13.5. The van der Waals surface area contributed by atoms with Crippen LogP contribution in [-0.2, 0) is 14.4 Å². The molecule has 0 amide bonds. The molecule has 176 valence electrons. The molecule has 2 unspecified atom stereocenters. The molecule has 0 aromatic carbocycles. The minimum Gasteiger partial charge on any atom is -0.260 e. The molecule has 4 fully saturated rings. The predicted octanol–water partition coefficient (Wildman–Crippen LogP) is 3.70. The summed E-state index contributed by atoms with van der Waals surface area (Å²) >= 11 is 0. The molecule has 31 heavy (non-hydrogen) atoms. The van der Waals surface area contributed by atoms with Crippen LogP contribution in [0.1, 0.15) is 0 Å². The van der Waals surface area contributed by atoms with Gasteiger partial charge in [-0.05, 0) is 0 Å². The first-order valence-electron chi connectivity index (χ1n) is 7.30. The summed E-state index contributed by atoms with van der Waals surface area (Å²) in [6, 6.07) is -14.7. The van der Waals surface area contributed by atoms with E-state index in [1.54, 1.807) is 0 Å². The van der Waals surface area contributed by atoms with Gasteiger partial charge in [-0.1, -0.05) is 0 Å². The molecular weight excluding hydrogens is 489 g/mol. The molecule has 4 aliphatic rings. The number of carbonyl (C=O) groups excluding carboxylic acids is 3. The Labute approximate surface area is 157 Å². The fraction of sp³-hybridized carbons (Fsp3) is 0.769. The minimum atomic E-state index is -8.00. The van der Waals surface area contributed by atoms with E-state index in [0.717, 1.165) is 0 Å². The van der Waals surface area contributed by atoms with E-state index >= 15 is 0 Å². The molecule has 4 rings (SSSR count). The van der Waals surface area contributed by atoms with E-state index in [4.69, 9.17) is 0 Å². The number of hydrogen-bond donors (Lipinski definition) is 0. The van der Waals surface area contributed by atoms with E-state index in [0.29, 0.717) is 0 Å². The zero-order valence-electron chi connectivity index (χ0n) is 13.5. The van der Waals surface area contributed by atoms with Crippen molar-refractivity contribution in [3.63, 3.8) is 0 Å². The molecular formula is C13HF15O3. The van der Waals surface area contributed by atoms with Gasteiger partial charge >= 0.3 is 41.5 Å². The topological polar surface area (TPSA) is 51.2 Å². The second kappa shape index (κ2) is 4.97. The molecule has 0 saturated heterocycles. The second-order valence-electron chi connectivity index (χ2n) is 7.08. The second-order valence-corrected chi connectivity index (χ2v) is 7.08. The zero-order valence-corrected chi connectivity index (χ0v) is 13.5. The molecule has 2 atom stereocenters. The van der Waals surface area contributed by atoms with Gasteiger partial charge in [0.15, 0.2) is 6.17 Å². The number of hydrogen-bond acceptors (Lipinski definition) is 3. The lowest BCUT2D eigenvalue weighted by Crippen LogP contribution is -3.05. The Morgan fingerprint density at radius 3 is 1.00 bits per heavy atom. The quantitative estimate of drug-likeness (QED) is 0.448. The van der Waals surface area contributed by atoms with Crippen molar-refractivity contribution in [2.24, 2.45) is 16.2 Å². The fourth-order valence-electron chi connectivity index (χ4n) is 5.00. The van der Waals surface area contributed by atoms with Gasteiger partial charge in [0.1, 0.15) is 0 Å². The van der Waals surface area contributed by atoms with Crippen LogP contribution in [0.5, 0.6) is 0 Å². The van der Waals surface area contributed by atoms with Gasteiger partial charge in [0, 0.05) is 0 Å². The van der Waals surface area contributed by atoms with Gasteiger partial charge in [-0.2, -0.15) is 13.2 Å². The zero-order chi connectivity index (χ0) is 24.8. The van der Waals surface area contributed by atoms with Crippen molar-refractivity contribution in [3.8, 4) is 0 Å². The van der Waals surface area contributed by atoms with Crippen molar-refractivity contribution in [1.29, 1.82) is 0 Å². The highest BCUT2D eigenvalue weighted by Gasteiger charge is 3.20. The predicted molar refractivity (Wildman–Crippen MR) is 59.1 cm³/mol. The summed E-state index contributed by atoms with van der Waals surface area (Å²) in [4.78, 5) is 33.0. The Bertz CT molecular complexity index is 886. The normalized spacial score (nSPS) is 47.1. The SMILES string of the molecule is O=C(F)C12C(F)C3(C(=O)F)C(F)(F)C(F)(C1(F)F)C(F)(F)C(C(=O)F)(C2(F)F)C3(F)F. The Morgan fingerprint density at radius 1 is 0.484 bits per heavy atom. The number of halogens is 15. The minimum absolute atomic E-state index is 4.82. The summed E-state index contributed by atoms with van der Waals surface area (Å²) in [6.45, 7) is 0. The maximum Gasteiger partial charge on any atom is 0.326 e. The third-order valence-corrected chi connectivity index (χ3v) is 6.37. The van der Waals surface area contributed by atoms with Crippen LogP contribution in [0.15, 0.2) is 0 Å². The van der Waals surface area contributed by atoms with Gasteiger partial charge in [0.05, 0.1) is 0 Å². The molecule has 4 aliphatic carbocycles. The number of alkyl halides is 12. The van der Waals surface area contributed by atoms with E-state index in [1.165, 1.54) is 0 Å². The lowest BCUT2D eigenvalue weighted by molar-refractivity contribution is -0.567. The number of rotatable bonds is 3. The molecule has 0 aromatic heterocycles. The Morgan fingerprint density at radius 2 is 0.774 bits per heavy atom. The van der Waals surface area contributed by atoms with E-state index < -0.39 is 75.8 Å². The van der Waals surface area contributed by atoms with Crippen molar-refractivity contribution >= 4 is 18.1 Å². The van der Waals surface area contributed by atoms with Crippen molar-refractivity contribution in [2.75, 3.05) is 0 Å². The molecule has 4 saturated carbocycles. The van der Waals surface area contributed by atoms with Crippen LogP contribution in [0.3, 0.4) is 0 Å². The van der Waals surface area contributed by atoms with Crippen molar-refractivity contribution < 1.29 is 80.2 Å². The molecule has 3 nitrogen and oxygen atoms in total. The smallest absolute Gasteiger partial charge is 0.260 e. The molecule has 4 bridgehead atoms. The summed E-state index contributed by atoms with van der Waals surface area (Å²) < 4.78 is 215. The van der Waals surface area contributed by atoms with Crippen LogP contribution < -0.4 is 0 Å². The average molecular weight is 490 g/mol. The third kappa shape index (κ3) is 1.35. The maximum atomic E-state index is 14.9. The number of carbonyl (C=O) groups is 3. The van der Waals surface area contributed by atoms with Gasteiger partial charge in [0.25, 0.3) is 17.3 Å². The van der Waals surface area contributed by atoms with Crippen molar-refractivity contribution in [1.82, 2.24) is 0 Å². The van der Waals surface area contributed by atoms with Crippen LogP contribution in [0.25, 0.3) is 0 Å². The van der Waals surface area contributed by atoms with Crippen molar-refractivity contribution in [3.05, 3.63) is 0 Å². The van der Waals surface area contributed by atoms with Gasteiger partial charge in [-0.25, -0.2) is 52.7 Å². The third-order valence-electron chi connectivity index (χ3n) is 6.37. The summed E-state index contributed by atoms with van der Waals surface area (Å²) in [5.74, 6) is -39.0. The van der Waals surface area contributed by atoms with Crippen LogP contribution in [0.2, 0.25) is 0 Å². The van der Waals surface area contributed by atoms with Gasteiger partial charge < -0.3 is 0 Å².